The van der Waals surface area contributed by atoms with Crippen LogP contribution in [0.2, 0.25) is 0 Å². The predicted octanol–water partition coefficient (Wildman–Crippen LogP) is 1.64. The maximum atomic E-state index is 5.76. The minimum absolute atomic E-state index is 0.486. The maximum absolute atomic E-state index is 5.76. The van der Waals surface area contributed by atoms with Crippen LogP contribution in [0.4, 0.5) is 0 Å². The molecule has 13 heavy (non-hydrogen) atoms. The Morgan fingerprint density at radius 1 is 1.00 bits per heavy atom. The van der Waals surface area contributed by atoms with Crippen molar-refractivity contribution in [1.29, 1.82) is 0 Å². The Morgan fingerprint density at radius 2 is 1.62 bits per heavy atom. The Bertz CT molecular complexity index is 155. The SMILES string of the molecule is CC1CCC(NC2CC(N)C2)CC1. The summed E-state index contributed by atoms with van der Waals surface area (Å²) >= 11 is 0. The zero-order valence-electron chi connectivity index (χ0n) is 8.63. The third kappa shape index (κ3) is 2.44. The van der Waals surface area contributed by atoms with Crippen molar-refractivity contribution in [3.05, 3.63) is 0 Å². The Hall–Kier alpha value is -0.0800. The molecule has 0 aromatic heterocycles. The van der Waals surface area contributed by atoms with Gasteiger partial charge in [0.1, 0.15) is 0 Å². The summed E-state index contributed by atoms with van der Waals surface area (Å²) in [4.78, 5) is 0. The largest absolute Gasteiger partial charge is 0.328 e. The summed E-state index contributed by atoms with van der Waals surface area (Å²) < 4.78 is 0. The Labute approximate surface area is 81.3 Å². The van der Waals surface area contributed by atoms with E-state index in [-0.39, 0.29) is 0 Å². The van der Waals surface area contributed by atoms with Crippen molar-refractivity contribution in [2.24, 2.45) is 11.7 Å². The molecule has 0 bridgehead atoms. The van der Waals surface area contributed by atoms with Gasteiger partial charge in [-0.3, -0.25) is 0 Å². The number of nitrogens with two attached hydrogens (primary N) is 1. The van der Waals surface area contributed by atoms with Gasteiger partial charge in [-0.2, -0.15) is 0 Å². The van der Waals surface area contributed by atoms with Crippen LogP contribution >= 0.6 is 0 Å². The molecule has 0 aromatic carbocycles. The molecule has 0 saturated heterocycles. The standard InChI is InChI=1S/C11H22N2/c1-8-2-4-10(5-3-8)13-11-6-9(12)7-11/h8-11,13H,2-7,12H2,1H3. The van der Waals surface area contributed by atoms with Crippen molar-refractivity contribution in [2.45, 2.75) is 63.6 Å². The maximum Gasteiger partial charge on any atom is 0.00991 e. The molecule has 0 spiro atoms. The van der Waals surface area contributed by atoms with Crippen molar-refractivity contribution in [3.8, 4) is 0 Å². The third-order valence-corrected chi connectivity index (χ3v) is 3.66. The first-order chi connectivity index (χ1) is 6.24. The minimum atomic E-state index is 0.486. The molecule has 0 aliphatic heterocycles. The summed E-state index contributed by atoms with van der Waals surface area (Å²) in [6.07, 6.45) is 7.99. The predicted molar refractivity (Wildman–Crippen MR) is 55.6 cm³/mol. The smallest absolute Gasteiger partial charge is 0.00991 e. The summed E-state index contributed by atoms with van der Waals surface area (Å²) in [6.45, 7) is 2.37. The molecule has 2 heteroatoms. The van der Waals surface area contributed by atoms with E-state index in [9.17, 15) is 0 Å². The lowest BCUT2D eigenvalue weighted by Crippen LogP contribution is -2.52. The summed E-state index contributed by atoms with van der Waals surface area (Å²) in [5.74, 6) is 0.960. The molecule has 0 radical (unpaired) electrons. The zero-order valence-corrected chi connectivity index (χ0v) is 8.63. The molecule has 0 atom stereocenters. The molecule has 3 N–H and O–H groups in total. The van der Waals surface area contributed by atoms with Gasteiger partial charge in [-0.05, 0) is 44.4 Å². The van der Waals surface area contributed by atoms with Crippen LogP contribution in [0.5, 0.6) is 0 Å². The fourth-order valence-electron chi connectivity index (χ4n) is 2.56. The van der Waals surface area contributed by atoms with Gasteiger partial charge in [0.25, 0.3) is 0 Å². The fraction of sp³-hybridized carbons (Fsp3) is 1.00. The first-order valence-corrected chi connectivity index (χ1v) is 5.75. The van der Waals surface area contributed by atoms with Gasteiger partial charge in [0.2, 0.25) is 0 Å². The van der Waals surface area contributed by atoms with Crippen molar-refractivity contribution < 1.29 is 0 Å². The molecule has 2 nitrogen and oxygen atoms in total. The molecule has 0 unspecified atom stereocenters. The summed E-state index contributed by atoms with van der Waals surface area (Å²) in [5, 5.41) is 3.73. The lowest BCUT2D eigenvalue weighted by Gasteiger charge is -2.38. The molecular weight excluding hydrogens is 160 g/mol. The highest BCUT2D eigenvalue weighted by molar-refractivity contribution is 4.90. The monoisotopic (exact) mass is 182 g/mol. The zero-order chi connectivity index (χ0) is 9.26. The molecule has 2 rings (SSSR count). The highest BCUT2D eigenvalue weighted by Gasteiger charge is 2.28. The summed E-state index contributed by atoms with van der Waals surface area (Å²) in [7, 11) is 0. The van der Waals surface area contributed by atoms with Crippen LogP contribution in [0, 0.1) is 5.92 Å². The average molecular weight is 182 g/mol. The van der Waals surface area contributed by atoms with Gasteiger partial charge >= 0.3 is 0 Å². The third-order valence-electron chi connectivity index (χ3n) is 3.66. The van der Waals surface area contributed by atoms with Crippen LogP contribution in [0.1, 0.15) is 45.4 Å². The highest BCUT2D eigenvalue weighted by atomic mass is 15.0. The topological polar surface area (TPSA) is 38.0 Å². The second-order valence-electron chi connectivity index (χ2n) is 5.05. The van der Waals surface area contributed by atoms with Crippen molar-refractivity contribution in [2.75, 3.05) is 0 Å². The molecule has 2 saturated carbocycles. The highest BCUT2D eigenvalue weighted by Crippen LogP contribution is 2.26. The first kappa shape index (κ1) is 9.47. The van der Waals surface area contributed by atoms with Crippen LogP contribution in [0.15, 0.2) is 0 Å². The van der Waals surface area contributed by atoms with E-state index in [1.165, 1.54) is 38.5 Å². The number of hydrogen-bond acceptors (Lipinski definition) is 2. The van der Waals surface area contributed by atoms with E-state index >= 15 is 0 Å². The summed E-state index contributed by atoms with van der Waals surface area (Å²) in [5.41, 5.74) is 5.76. The van der Waals surface area contributed by atoms with Crippen LogP contribution in [-0.4, -0.2) is 18.1 Å². The molecule has 0 amide bonds. The fourth-order valence-corrected chi connectivity index (χ4v) is 2.56. The first-order valence-electron chi connectivity index (χ1n) is 5.75. The van der Waals surface area contributed by atoms with Gasteiger partial charge < -0.3 is 11.1 Å². The van der Waals surface area contributed by atoms with Crippen LogP contribution in [-0.2, 0) is 0 Å². The van der Waals surface area contributed by atoms with E-state index in [2.05, 4.69) is 12.2 Å². The Morgan fingerprint density at radius 3 is 2.15 bits per heavy atom. The number of rotatable bonds is 2. The van der Waals surface area contributed by atoms with Gasteiger partial charge in [-0.1, -0.05) is 6.92 Å². The molecular formula is C11H22N2. The second kappa shape index (κ2) is 3.97. The van der Waals surface area contributed by atoms with E-state index < -0.39 is 0 Å². The molecule has 2 fully saturated rings. The van der Waals surface area contributed by atoms with Gasteiger partial charge in [0.05, 0.1) is 0 Å². The van der Waals surface area contributed by atoms with E-state index in [0.717, 1.165) is 18.0 Å². The van der Waals surface area contributed by atoms with Crippen molar-refractivity contribution in [1.82, 2.24) is 5.32 Å². The van der Waals surface area contributed by atoms with E-state index in [0.29, 0.717) is 6.04 Å². The van der Waals surface area contributed by atoms with E-state index in [1.54, 1.807) is 0 Å². The quantitative estimate of drug-likeness (QED) is 0.681. The van der Waals surface area contributed by atoms with E-state index in [1.807, 2.05) is 0 Å². The normalized spacial score (nSPS) is 45.7. The van der Waals surface area contributed by atoms with E-state index in [4.69, 9.17) is 5.73 Å². The van der Waals surface area contributed by atoms with Crippen LogP contribution < -0.4 is 11.1 Å². The molecule has 0 aromatic rings. The average Bonchev–Trinajstić information content (AvgIpc) is 2.06. The minimum Gasteiger partial charge on any atom is -0.328 e. The van der Waals surface area contributed by atoms with Gasteiger partial charge in [0, 0.05) is 18.1 Å². The summed E-state index contributed by atoms with van der Waals surface area (Å²) in [6, 6.07) is 2.03. The number of hydrogen-bond donors (Lipinski definition) is 2. The molecule has 2 aliphatic rings. The molecule has 0 heterocycles. The second-order valence-corrected chi connectivity index (χ2v) is 5.05. The lowest BCUT2D eigenvalue weighted by molar-refractivity contribution is 0.223. The Balaban J connectivity index is 1.65. The molecule has 76 valence electrons. The number of nitrogens with one attached hydrogen (secondary N) is 1. The van der Waals surface area contributed by atoms with Crippen molar-refractivity contribution >= 4 is 0 Å². The van der Waals surface area contributed by atoms with Gasteiger partial charge in [0.15, 0.2) is 0 Å². The van der Waals surface area contributed by atoms with Gasteiger partial charge in [-0.25, -0.2) is 0 Å². The lowest BCUT2D eigenvalue weighted by atomic mass is 9.83. The van der Waals surface area contributed by atoms with Crippen molar-refractivity contribution in [3.63, 3.8) is 0 Å². The van der Waals surface area contributed by atoms with Crippen LogP contribution in [0.3, 0.4) is 0 Å². The Kier molecular flexibility index (Phi) is 2.89. The van der Waals surface area contributed by atoms with Crippen LogP contribution in [0.25, 0.3) is 0 Å². The molecule has 2 aliphatic carbocycles. The van der Waals surface area contributed by atoms with Gasteiger partial charge in [-0.15, -0.1) is 0 Å².